The second-order valence-corrected chi connectivity index (χ2v) is 0. The molecule has 0 aromatic carbocycles. The van der Waals surface area contributed by atoms with E-state index >= 15 is 0 Å². The van der Waals surface area contributed by atoms with Crippen LogP contribution >= 0.6 is 12.4 Å². The molecule has 0 amide bonds. The Morgan fingerprint density at radius 2 is 0.273 bits per heavy atom. The van der Waals surface area contributed by atoms with Crippen LogP contribution in [-0.2, 0) is 0 Å². The number of hydrogen-bond acceptors (Lipinski definition) is 0. The molecule has 0 radical (unpaired) electrons. The fourth-order valence-electron chi connectivity index (χ4n) is 0. The summed E-state index contributed by atoms with van der Waals surface area (Å²) in [6.45, 7) is 0. The Kier molecular flexibility index (Phi) is 2340000. The molecule has 11 heavy (non-hydrogen) atoms. The first-order valence-electron chi connectivity index (χ1n) is 0. The molecule has 11 heteroatoms. The Hall–Kier alpha value is 0.462. The van der Waals surface area contributed by atoms with Gasteiger partial charge < -0.3 is 49.3 Å². The van der Waals surface area contributed by atoms with Gasteiger partial charge in [0.2, 0.25) is 0 Å². The van der Waals surface area contributed by atoms with Gasteiger partial charge in [-0.3, -0.25) is 0 Å². The van der Waals surface area contributed by atoms with Gasteiger partial charge in [0.15, 0.2) is 17.4 Å². The first-order chi connectivity index (χ1) is 0. The highest BCUT2D eigenvalue weighted by atomic mass is 35.5. The number of hydrogen-bond donors (Lipinski definition) is 0. The van der Waals surface area contributed by atoms with Gasteiger partial charge in [0, 0.05) is 0 Å². The van der Waals surface area contributed by atoms with Crippen LogP contribution in [0.1, 0.15) is 0 Å². The van der Waals surface area contributed by atoms with Crippen LogP contribution in [0, 0.1) is 0 Å². The van der Waals surface area contributed by atoms with Crippen molar-refractivity contribution in [2.75, 3.05) is 0 Å². The molecule has 0 saturated heterocycles. The van der Waals surface area contributed by atoms with Gasteiger partial charge in [-0.15, -0.1) is 12.4 Å². The summed E-state index contributed by atoms with van der Waals surface area (Å²) >= 11 is 0. The summed E-state index contributed by atoms with van der Waals surface area (Å²) in [6, 6.07) is 0. The maximum absolute atomic E-state index is 0. The van der Waals surface area contributed by atoms with Crippen LogP contribution in [0.15, 0.2) is 0 Å². The summed E-state index contributed by atoms with van der Waals surface area (Å²) in [5.41, 5.74) is 0. The monoisotopic (exact) mass is 228 g/mol. The van der Waals surface area contributed by atoms with E-state index in [1.165, 1.54) is 0 Å². The van der Waals surface area contributed by atoms with E-state index in [0.29, 0.717) is 0 Å². The second kappa shape index (κ2) is 4380. The van der Waals surface area contributed by atoms with Crippen molar-refractivity contribution in [3.8, 4) is 0 Å². The maximum Gasteiger partial charge on any atom is 0.187 e. The first-order valence-corrected chi connectivity index (χ1v) is 0. The van der Waals surface area contributed by atoms with Crippen LogP contribution in [0.5, 0.6) is 0 Å². The zero-order valence-electron chi connectivity index (χ0n) is 4.91. The molecule has 18 N–H and O–H groups in total. The summed E-state index contributed by atoms with van der Waals surface area (Å²) in [6.07, 6.45) is 0. The third kappa shape index (κ3) is 3500. The molecule has 0 aliphatic carbocycles. The zero-order valence-corrected chi connectivity index (χ0v) is 5.72. The Balaban J connectivity index is 0. The Labute approximate surface area is 79.7 Å². The Morgan fingerprint density at radius 1 is 0.273 bits per heavy atom. The minimum Gasteiger partial charge on any atom is -0.412 e. The average molecular weight is 229 g/mol. The molecule has 0 bridgehead atoms. The van der Waals surface area contributed by atoms with Crippen molar-refractivity contribution in [3.63, 3.8) is 0 Å². The summed E-state index contributed by atoms with van der Waals surface area (Å²) in [4.78, 5) is 0. The van der Waals surface area contributed by atoms with Crippen molar-refractivity contribution < 1.29 is 49.3 Å². The predicted octanol–water partition coefficient (Wildman–Crippen LogP) is -8.18. The van der Waals surface area contributed by atoms with Gasteiger partial charge in [-0.1, -0.05) is 0 Å². The van der Waals surface area contributed by atoms with Crippen molar-refractivity contribution in [2.45, 2.75) is 0 Å². The molecule has 0 atom stereocenters. The van der Waals surface area contributed by atoms with Crippen molar-refractivity contribution in [1.82, 2.24) is 0 Å². The maximum atomic E-state index is 0. The molecule has 0 aromatic rings. The molecule has 0 fully saturated rings. The second-order valence-electron chi connectivity index (χ2n) is 0. The number of halogens is 1. The van der Waals surface area contributed by atoms with Crippen LogP contribution in [0.4, 0.5) is 0 Å². The van der Waals surface area contributed by atoms with Crippen LogP contribution in [-0.4, -0.2) is 66.6 Å². The highest BCUT2D eigenvalue weighted by Gasteiger charge is 0.187. The van der Waals surface area contributed by atoms with Crippen molar-refractivity contribution in [1.29, 1.82) is 0 Å². The topological polar surface area (TPSA) is 284 Å². The molecule has 0 aliphatic rings. The third-order valence-electron chi connectivity index (χ3n) is 0. The van der Waals surface area contributed by atoms with E-state index in [9.17, 15) is 0 Å². The average Bonchev–Trinajstić information content (AvgIpc) is 0. The van der Waals surface area contributed by atoms with Gasteiger partial charge in [0.25, 0.3) is 0 Å². The van der Waals surface area contributed by atoms with Crippen molar-refractivity contribution in [2.24, 2.45) is 0 Å². The van der Waals surface area contributed by atoms with Gasteiger partial charge in [-0.25, -0.2) is 0 Å². The highest BCUT2D eigenvalue weighted by molar-refractivity contribution is 5.85. The van der Waals surface area contributed by atoms with Crippen LogP contribution in [0.25, 0.3) is 0 Å². The highest BCUT2D eigenvalue weighted by Crippen LogP contribution is 0.690. The van der Waals surface area contributed by atoms with Crippen LogP contribution in [0.3, 0.4) is 0 Å². The summed E-state index contributed by atoms with van der Waals surface area (Å²) in [5.74, 6) is 0. The fourth-order valence-corrected chi connectivity index (χ4v) is 0. The fraction of sp³-hybridized carbons (Fsp3) is 0. The standard InChI is InChI=1S/Al.ClH.9H2O.3H/h;1H;9*1H2;;;. The zero-order chi connectivity index (χ0) is 0. The van der Waals surface area contributed by atoms with E-state index in [1.54, 1.807) is 0 Å². The summed E-state index contributed by atoms with van der Waals surface area (Å²) < 4.78 is 0. The van der Waals surface area contributed by atoms with E-state index in [4.69, 9.17) is 0 Å². The van der Waals surface area contributed by atoms with Crippen molar-refractivity contribution in [3.05, 3.63) is 0 Å². The van der Waals surface area contributed by atoms with E-state index < -0.39 is 0 Å². The molecule has 0 unspecified atom stereocenters. The van der Waals surface area contributed by atoms with Crippen LogP contribution in [0.2, 0.25) is 0 Å². The smallest absolute Gasteiger partial charge is 0.187 e. The third-order valence-corrected chi connectivity index (χ3v) is 0. The minimum absolute atomic E-state index is 0. The molecule has 0 saturated carbocycles. The van der Waals surface area contributed by atoms with Crippen LogP contribution < -0.4 is 0 Å². The lowest BCUT2D eigenvalue weighted by atomic mass is 16.0. The molecular formula is H22AlClO9. The largest absolute Gasteiger partial charge is 0.412 e. The summed E-state index contributed by atoms with van der Waals surface area (Å²) in [7, 11) is 0. The Bertz CT molecular complexity index is 9.52. The quantitative estimate of drug-likeness (QED) is 0.349. The Morgan fingerprint density at radius 3 is 0.273 bits per heavy atom. The molecule has 86 valence electrons. The normalized spacial score (nSPS) is 0. The number of rotatable bonds is 0. The lowest BCUT2D eigenvalue weighted by Gasteiger charge is -0.413. The van der Waals surface area contributed by atoms with E-state index in [1.807, 2.05) is 0 Å². The molecule has 0 aromatic heterocycles. The molecule has 9 nitrogen and oxygen atoms in total. The molecule has 0 spiro atoms. The molecule has 0 rings (SSSR count). The first kappa shape index (κ1) is 5870. The lowest BCUT2D eigenvalue weighted by Crippen LogP contribution is -0.381. The SMILES string of the molecule is Cl.O.O.O.O.O.O.O.O.O.[AlH3]. The van der Waals surface area contributed by atoms with E-state index in [-0.39, 0.29) is 79.1 Å². The van der Waals surface area contributed by atoms with Gasteiger partial charge in [-0.05, 0) is 0 Å². The molecule has 0 aliphatic heterocycles. The minimum atomic E-state index is 0. The lowest BCUT2D eigenvalue weighted by molar-refractivity contribution is 0.823. The van der Waals surface area contributed by atoms with Gasteiger partial charge in [-0.2, -0.15) is 0 Å². The van der Waals surface area contributed by atoms with Gasteiger partial charge in [0.1, 0.15) is 0 Å². The van der Waals surface area contributed by atoms with E-state index in [2.05, 4.69) is 0 Å². The van der Waals surface area contributed by atoms with Gasteiger partial charge in [0.05, 0.1) is 0 Å². The molecule has 0 heterocycles. The van der Waals surface area contributed by atoms with E-state index in [0.717, 1.165) is 0 Å². The predicted molar refractivity (Wildman–Crippen MR) is 49.7 cm³/mol. The van der Waals surface area contributed by atoms with Crippen molar-refractivity contribution >= 4 is 29.8 Å². The summed E-state index contributed by atoms with van der Waals surface area (Å²) in [5, 5.41) is 0. The van der Waals surface area contributed by atoms with Gasteiger partial charge >= 0.3 is 0 Å². The molecular weight excluding hydrogens is 206 g/mol.